The lowest BCUT2D eigenvalue weighted by Crippen LogP contribution is -2.12. The van der Waals surface area contributed by atoms with Gasteiger partial charge in [0.05, 0.1) is 0 Å². The summed E-state index contributed by atoms with van der Waals surface area (Å²) in [5.41, 5.74) is 0. The molecule has 0 saturated heterocycles. The van der Waals surface area contributed by atoms with Gasteiger partial charge in [0.2, 0.25) is 0 Å². The smallest absolute Gasteiger partial charge is 0.0412 e. The van der Waals surface area contributed by atoms with E-state index in [1.54, 1.807) is 0 Å². The molecule has 0 nitrogen and oxygen atoms in total. The van der Waals surface area contributed by atoms with E-state index in [1.807, 2.05) is 0 Å². The van der Waals surface area contributed by atoms with Crippen LogP contribution in [0.15, 0.2) is 0 Å². The van der Waals surface area contributed by atoms with Gasteiger partial charge in [-0.15, -0.1) is 0 Å². The van der Waals surface area contributed by atoms with Crippen molar-refractivity contribution in [2.45, 2.75) is 148 Å². The van der Waals surface area contributed by atoms with E-state index < -0.39 is 0 Å². The summed E-state index contributed by atoms with van der Waals surface area (Å²) in [6.45, 7) is 2.59. The Kier molecular flexibility index (Phi) is 12.8. The molecule has 0 N–H and O–H groups in total. The zero-order chi connectivity index (χ0) is 18.3. The molecule has 0 spiro atoms. The van der Waals surface area contributed by atoms with Crippen LogP contribution in [0.1, 0.15) is 148 Å². The molecule has 0 atom stereocenters. The van der Waals surface area contributed by atoms with E-state index in [0.29, 0.717) is 0 Å². The van der Waals surface area contributed by atoms with Gasteiger partial charge < -0.3 is 0 Å². The molecule has 2 saturated carbocycles. The first kappa shape index (κ1) is 22.3. The Hall–Kier alpha value is 0. The van der Waals surface area contributed by atoms with Crippen molar-refractivity contribution >= 4 is 0 Å². The fraction of sp³-hybridized carbons (Fsp3) is 1.00. The number of hydrogen-bond donors (Lipinski definition) is 0. The third kappa shape index (κ3) is 11.0. The topological polar surface area (TPSA) is 0 Å². The van der Waals surface area contributed by atoms with Gasteiger partial charge in [-0.05, 0) is 30.6 Å². The van der Waals surface area contributed by atoms with Crippen LogP contribution in [0, 0.1) is 17.8 Å². The maximum absolute atomic E-state index is 2.59. The van der Waals surface area contributed by atoms with Gasteiger partial charge in [0.15, 0.2) is 0 Å². The molecule has 2 rings (SSSR count). The maximum atomic E-state index is 2.59. The monoisotopic (exact) mass is 362 g/mol. The van der Waals surface area contributed by atoms with E-state index >= 15 is 0 Å². The van der Waals surface area contributed by atoms with Crippen molar-refractivity contribution in [2.75, 3.05) is 0 Å². The second kappa shape index (κ2) is 15.0. The molecular weight excluding hydrogens is 312 g/mol. The van der Waals surface area contributed by atoms with E-state index in [4.69, 9.17) is 0 Å². The molecule has 0 heterocycles. The first-order chi connectivity index (χ1) is 12.8. The van der Waals surface area contributed by atoms with E-state index in [0.717, 1.165) is 17.8 Å². The van der Waals surface area contributed by atoms with Gasteiger partial charge in [0.1, 0.15) is 0 Å². The summed E-state index contributed by atoms with van der Waals surface area (Å²) in [5, 5.41) is 0. The van der Waals surface area contributed by atoms with Crippen LogP contribution < -0.4 is 0 Å². The fourth-order valence-electron chi connectivity index (χ4n) is 5.85. The fourth-order valence-corrected chi connectivity index (χ4v) is 5.85. The number of hydrogen-bond acceptors (Lipinski definition) is 0. The van der Waals surface area contributed by atoms with Gasteiger partial charge in [0, 0.05) is 0 Å². The quantitative estimate of drug-likeness (QED) is 0.467. The van der Waals surface area contributed by atoms with Crippen LogP contribution >= 0.6 is 0 Å². The first-order valence-electron chi connectivity index (χ1n) is 12.8. The largest absolute Gasteiger partial charge is 0.0625 e. The molecule has 0 bridgehead atoms. The summed E-state index contributed by atoms with van der Waals surface area (Å²) in [6, 6.07) is 0. The average Bonchev–Trinajstić information content (AvgIpc) is 2.72. The van der Waals surface area contributed by atoms with Crippen molar-refractivity contribution in [1.29, 1.82) is 0 Å². The molecule has 0 unspecified atom stereocenters. The average molecular weight is 363 g/mol. The van der Waals surface area contributed by atoms with Gasteiger partial charge in [-0.1, -0.05) is 135 Å². The van der Waals surface area contributed by atoms with Crippen LogP contribution in [0.3, 0.4) is 0 Å². The summed E-state index contributed by atoms with van der Waals surface area (Å²) in [5.74, 6) is 3.07. The summed E-state index contributed by atoms with van der Waals surface area (Å²) < 4.78 is 0. The third-order valence-electron chi connectivity index (χ3n) is 7.42. The molecule has 0 aromatic rings. The normalized spacial score (nSPS) is 24.7. The minimum absolute atomic E-state index is 0.972. The van der Waals surface area contributed by atoms with E-state index in [1.165, 1.54) is 141 Å². The zero-order valence-corrected chi connectivity index (χ0v) is 18.3. The molecule has 2 aliphatic carbocycles. The molecule has 0 aromatic heterocycles. The molecule has 0 aromatic carbocycles. The summed E-state index contributed by atoms with van der Waals surface area (Å²) in [7, 11) is 0. The van der Waals surface area contributed by atoms with Gasteiger partial charge in [-0.3, -0.25) is 0 Å². The highest BCUT2D eigenvalue weighted by atomic mass is 14.2. The van der Waals surface area contributed by atoms with Crippen molar-refractivity contribution < 1.29 is 0 Å². The lowest BCUT2D eigenvalue weighted by atomic mass is 9.81. The first-order valence-corrected chi connectivity index (χ1v) is 12.8. The standard InChI is InChI=1S/C26H50/c1-24(22-25-18-14-10-6-2-3-7-11-15-19-25)23-26-20-16-12-8-4-5-9-13-17-21-26/h24-26H,2-23H2,1H3. The van der Waals surface area contributed by atoms with Crippen LogP contribution in [-0.4, -0.2) is 0 Å². The maximum Gasteiger partial charge on any atom is -0.0412 e. The molecule has 154 valence electrons. The molecule has 0 radical (unpaired) electrons. The van der Waals surface area contributed by atoms with E-state index in [-0.39, 0.29) is 0 Å². The molecular formula is C26H50. The highest BCUT2D eigenvalue weighted by Gasteiger charge is 2.18. The second-order valence-corrected chi connectivity index (χ2v) is 10.1. The van der Waals surface area contributed by atoms with Crippen LogP contribution in [0.5, 0.6) is 0 Å². The minimum Gasteiger partial charge on any atom is -0.0625 e. The predicted molar refractivity (Wildman–Crippen MR) is 118 cm³/mol. The van der Waals surface area contributed by atoms with Gasteiger partial charge >= 0.3 is 0 Å². The second-order valence-electron chi connectivity index (χ2n) is 10.1. The zero-order valence-electron chi connectivity index (χ0n) is 18.3. The van der Waals surface area contributed by atoms with Crippen molar-refractivity contribution in [3.05, 3.63) is 0 Å². The SMILES string of the molecule is CC(CC1CCCCCCCCCC1)CC1CCCCCCCCCC1. The molecule has 0 aliphatic heterocycles. The third-order valence-corrected chi connectivity index (χ3v) is 7.42. The Bertz CT molecular complexity index is 253. The molecule has 0 amide bonds. The Balaban J connectivity index is 1.72. The van der Waals surface area contributed by atoms with Crippen LogP contribution in [-0.2, 0) is 0 Å². The minimum atomic E-state index is 0.972. The van der Waals surface area contributed by atoms with Crippen molar-refractivity contribution in [3.63, 3.8) is 0 Å². The van der Waals surface area contributed by atoms with Gasteiger partial charge in [-0.2, -0.15) is 0 Å². The van der Waals surface area contributed by atoms with Crippen LogP contribution in [0.2, 0.25) is 0 Å². The molecule has 0 heteroatoms. The molecule has 2 aliphatic rings. The number of rotatable bonds is 4. The summed E-state index contributed by atoms with van der Waals surface area (Å²) in [4.78, 5) is 0. The van der Waals surface area contributed by atoms with Crippen molar-refractivity contribution in [3.8, 4) is 0 Å². The lowest BCUT2D eigenvalue weighted by molar-refractivity contribution is 0.270. The summed E-state index contributed by atoms with van der Waals surface area (Å²) >= 11 is 0. The Labute approximate surface area is 166 Å². The van der Waals surface area contributed by atoms with Crippen LogP contribution in [0.4, 0.5) is 0 Å². The molecule has 26 heavy (non-hydrogen) atoms. The highest BCUT2D eigenvalue weighted by molar-refractivity contribution is 4.70. The Morgan fingerprint density at radius 2 is 0.654 bits per heavy atom. The van der Waals surface area contributed by atoms with Crippen molar-refractivity contribution in [2.24, 2.45) is 17.8 Å². The molecule has 2 fully saturated rings. The van der Waals surface area contributed by atoms with Gasteiger partial charge in [0.25, 0.3) is 0 Å². The van der Waals surface area contributed by atoms with Crippen LogP contribution in [0.25, 0.3) is 0 Å². The lowest BCUT2D eigenvalue weighted by Gasteiger charge is -2.25. The van der Waals surface area contributed by atoms with Crippen molar-refractivity contribution in [1.82, 2.24) is 0 Å². The van der Waals surface area contributed by atoms with E-state index in [2.05, 4.69) is 6.92 Å². The highest BCUT2D eigenvalue weighted by Crippen LogP contribution is 2.32. The Morgan fingerprint density at radius 3 is 0.923 bits per heavy atom. The Morgan fingerprint density at radius 1 is 0.423 bits per heavy atom. The van der Waals surface area contributed by atoms with E-state index in [9.17, 15) is 0 Å². The summed E-state index contributed by atoms with van der Waals surface area (Å²) in [6.07, 6.45) is 33.3. The van der Waals surface area contributed by atoms with Gasteiger partial charge in [-0.25, -0.2) is 0 Å². The predicted octanol–water partition coefficient (Wildman–Crippen LogP) is 9.46.